The van der Waals surface area contributed by atoms with E-state index in [2.05, 4.69) is 22.2 Å². The van der Waals surface area contributed by atoms with Crippen LogP contribution in [0.2, 0.25) is 0 Å². The van der Waals surface area contributed by atoms with Crippen molar-refractivity contribution in [1.29, 1.82) is 0 Å². The molecule has 1 aromatic rings. The highest BCUT2D eigenvalue weighted by Crippen LogP contribution is 2.19. The maximum absolute atomic E-state index is 5.46. The Morgan fingerprint density at radius 2 is 2.41 bits per heavy atom. The van der Waals surface area contributed by atoms with Crippen molar-refractivity contribution in [2.45, 2.75) is 19.4 Å². The minimum absolute atomic E-state index is 0.265. The van der Waals surface area contributed by atoms with Crippen LogP contribution in [-0.4, -0.2) is 34.2 Å². The first-order chi connectivity index (χ1) is 8.16. The molecule has 3 N–H and O–H groups in total. The van der Waals surface area contributed by atoms with Gasteiger partial charge in [0.1, 0.15) is 16.5 Å². The Morgan fingerprint density at radius 1 is 1.59 bits per heavy atom. The predicted octanol–water partition coefficient (Wildman–Crippen LogP) is 0.948. The molecule has 92 valence electrons. The van der Waals surface area contributed by atoms with E-state index in [-0.39, 0.29) is 4.99 Å². The summed E-state index contributed by atoms with van der Waals surface area (Å²) < 4.78 is 5.36. The van der Waals surface area contributed by atoms with Crippen molar-refractivity contribution in [1.82, 2.24) is 9.97 Å². The summed E-state index contributed by atoms with van der Waals surface area (Å²) >= 11 is 4.82. The van der Waals surface area contributed by atoms with E-state index in [1.54, 1.807) is 12.4 Å². The molecular weight excluding hydrogens is 236 g/mol. The molecule has 2 rings (SSSR count). The average molecular weight is 252 g/mol. The molecule has 1 aliphatic rings. The fourth-order valence-electron chi connectivity index (χ4n) is 1.83. The molecule has 5 nitrogen and oxygen atoms in total. The summed E-state index contributed by atoms with van der Waals surface area (Å²) in [4.78, 5) is 8.63. The molecule has 2 heterocycles. The van der Waals surface area contributed by atoms with E-state index in [1.807, 2.05) is 0 Å². The van der Waals surface area contributed by atoms with Crippen molar-refractivity contribution in [3.05, 3.63) is 18.1 Å². The normalized spacial score (nSPS) is 21.1. The van der Waals surface area contributed by atoms with E-state index in [9.17, 15) is 0 Å². The standard InChI is InChI=1S/C11H16N4OS/c1-7(8-2-3-16-6-8)15-10-5-13-9(4-14-10)11(12)17/h4-5,7-8H,2-3,6H2,1H3,(H2,12,17)(H,14,15). The van der Waals surface area contributed by atoms with Gasteiger partial charge in [0.05, 0.1) is 19.0 Å². The summed E-state index contributed by atoms with van der Waals surface area (Å²) in [5, 5.41) is 3.31. The van der Waals surface area contributed by atoms with Crippen LogP contribution < -0.4 is 11.1 Å². The van der Waals surface area contributed by atoms with Crippen molar-refractivity contribution in [3.63, 3.8) is 0 Å². The van der Waals surface area contributed by atoms with Crippen LogP contribution in [-0.2, 0) is 4.74 Å². The van der Waals surface area contributed by atoms with E-state index in [4.69, 9.17) is 22.7 Å². The molecule has 2 unspecified atom stereocenters. The maximum atomic E-state index is 5.46. The Bertz CT molecular complexity index is 389. The van der Waals surface area contributed by atoms with Gasteiger partial charge >= 0.3 is 0 Å². The zero-order chi connectivity index (χ0) is 12.3. The van der Waals surface area contributed by atoms with Gasteiger partial charge in [-0.1, -0.05) is 12.2 Å². The summed E-state index contributed by atoms with van der Waals surface area (Å²) in [7, 11) is 0. The first kappa shape index (κ1) is 12.2. The molecule has 1 aliphatic heterocycles. The molecule has 0 bridgehead atoms. The van der Waals surface area contributed by atoms with Crippen LogP contribution in [0.25, 0.3) is 0 Å². The lowest BCUT2D eigenvalue weighted by Crippen LogP contribution is -2.26. The van der Waals surface area contributed by atoms with Crippen LogP contribution in [0.1, 0.15) is 19.0 Å². The molecule has 0 radical (unpaired) electrons. The van der Waals surface area contributed by atoms with Gasteiger partial charge in [-0.15, -0.1) is 0 Å². The molecule has 1 fully saturated rings. The zero-order valence-electron chi connectivity index (χ0n) is 9.72. The molecule has 6 heteroatoms. The van der Waals surface area contributed by atoms with Gasteiger partial charge in [-0.05, 0) is 13.3 Å². The Hall–Kier alpha value is -1.27. The van der Waals surface area contributed by atoms with Crippen molar-refractivity contribution < 1.29 is 4.74 Å². The van der Waals surface area contributed by atoms with Crippen molar-refractivity contribution >= 4 is 23.0 Å². The summed E-state index contributed by atoms with van der Waals surface area (Å²) in [5.41, 5.74) is 6.00. The summed E-state index contributed by atoms with van der Waals surface area (Å²) in [6.07, 6.45) is 4.33. The number of hydrogen-bond donors (Lipinski definition) is 2. The molecule has 2 atom stereocenters. The molecule has 17 heavy (non-hydrogen) atoms. The second-order valence-electron chi connectivity index (χ2n) is 4.21. The van der Waals surface area contributed by atoms with Crippen LogP contribution in [0.5, 0.6) is 0 Å². The largest absolute Gasteiger partial charge is 0.388 e. The van der Waals surface area contributed by atoms with Gasteiger partial charge in [0.25, 0.3) is 0 Å². The van der Waals surface area contributed by atoms with Crippen LogP contribution >= 0.6 is 12.2 Å². The van der Waals surface area contributed by atoms with Crippen LogP contribution in [0.3, 0.4) is 0 Å². The number of aromatic nitrogens is 2. The van der Waals surface area contributed by atoms with Crippen LogP contribution in [0.15, 0.2) is 12.4 Å². The summed E-state index contributed by atoms with van der Waals surface area (Å²) in [6, 6.07) is 0.322. The predicted molar refractivity (Wildman–Crippen MR) is 69.9 cm³/mol. The number of nitrogens with zero attached hydrogens (tertiary/aromatic N) is 2. The third-order valence-electron chi connectivity index (χ3n) is 2.95. The van der Waals surface area contributed by atoms with Gasteiger partial charge in [-0.25, -0.2) is 9.97 Å². The molecule has 0 saturated carbocycles. The Morgan fingerprint density at radius 3 is 2.94 bits per heavy atom. The molecule has 0 aromatic carbocycles. The second-order valence-corrected chi connectivity index (χ2v) is 4.65. The lowest BCUT2D eigenvalue weighted by molar-refractivity contribution is 0.183. The Balaban J connectivity index is 1.96. The lowest BCUT2D eigenvalue weighted by Gasteiger charge is -2.19. The third-order valence-corrected chi connectivity index (χ3v) is 3.16. The number of ether oxygens (including phenoxy) is 1. The highest BCUT2D eigenvalue weighted by Gasteiger charge is 2.22. The maximum Gasteiger partial charge on any atom is 0.144 e. The zero-order valence-corrected chi connectivity index (χ0v) is 10.5. The van der Waals surface area contributed by atoms with Gasteiger partial charge in [0.15, 0.2) is 0 Å². The topological polar surface area (TPSA) is 73.1 Å². The van der Waals surface area contributed by atoms with E-state index in [1.165, 1.54) is 0 Å². The highest BCUT2D eigenvalue weighted by molar-refractivity contribution is 7.80. The summed E-state index contributed by atoms with van der Waals surface area (Å²) in [6.45, 7) is 3.79. The van der Waals surface area contributed by atoms with Gasteiger partial charge in [-0.2, -0.15) is 0 Å². The van der Waals surface area contributed by atoms with E-state index in [0.29, 0.717) is 17.7 Å². The van der Waals surface area contributed by atoms with E-state index < -0.39 is 0 Å². The average Bonchev–Trinajstić information content (AvgIpc) is 2.83. The number of thiocarbonyl (C=S) groups is 1. The molecule has 0 spiro atoms. The SMILES string of the molecule is CC(Nc1cnc(C(N)=S)cn1)C1CCOC1. The first-order valence-corrected chi connectivity index (χ1v) is 6.04. The molecule has 0 amide bonds. The van der Waals surface area contributed by atoms with Crippen LogP contribution in [0, 0.1) is 5.92 Å². The third kappa shape index (κ3) is 3.10. The molecular formula is C11H16N4OS. The number of hydrogen-bond acceptors (Lipinski definition) is 5. The molecule has 0 aliphatic carbocycles. The lowest BCUT2D eigenvalue weighted by atomic mass is 10.0. The van der Waals surface area contributed by atoms with Crippen molar-refractivity contribution in [3.8, 4) is 0 Å². The number of nitrogens with two attached hydrogens (primary N) is 1. The molecule has 1 aromatic heterocycles. The first-order valence-electron chi connectivity index (χ1n) is 5.63. The minimum atomic E-state index is 0.265. The van der Waals surface area contributed by atoms with Gasteiger partial charge < -0.3 is 15.8 Å². The molecule has 1 saturated heterocycles. The number of nitrogens with one attached hydrogen (secondary N) is 1. The second kappa shape index (κ2) is 5.37. The smallest absolute Gasteiger partial charge is 0.144 e. The summed E-state index contributed by atoms with van der Waals surface area (Å²) in [5.74, 6) is 1.27. The number of rotatable bonds is 4. The van der Waals surface area contributed by atoms with E-state index >= 15 is 0 Å². The highest BCUT2D eigenvalue weighted by atomic mass is 32.1. The van der Waals surface area contributed by atoms with E-state index in [0.717, 1.165) is 25.5 Å². The van der Waals surface area contributed by atoms with Gasteiger partial charge in [-0.3, -0.25) is 0 Å². The Labute approximate surface area is 106 Å². The van der Waals surface area contributed by atoms with Gasteiger partial charge in [0.2, 0.25) is 0 Å². The van der Waals surface area contributed by atoms with Crippen molar-refractivity contribution in [2.24, 2.45) is 11.7 Å². The monoisotopic (exact) mass is 252 g/mol. The quantitative estimate of drug-likeness (QED) is 0.777. The number of anilines is 1. The van der Waals surface area contributed by atoms with Crippen LogP contribution in [0.4, 0.5) is 5.82 Å². The Kier molecular flexibility index (Phi) is 3.86. The minimum Gasteiger partial charge on any atom is -0.388 e. The van der Waals surface area contributed by atoms with Crippen molar-refractivity contribution in [2.75, 3.05) is 18.5 Å². The van der Waals surface area contributed by atoms with Gasteiger partial charge in [0, 0.05) is 18.6 Å². The fourth-order valence-corrected chi connectivity index (χ4v) is 1.93. The fraction of sp³-hybridized carbons (Fsp3) is 0.545.